The fraction of sp³-hybridized carbons (Fsp3) is 0.267. The second kappa shape index (κ2) is 5.70. The van der Waals surface area contributed by atoms with Crippen molar-refractivity contribution in [2.24, 2.45) is 5.84 Å². The van der Waals surface area contributed by atoms with Gasteiger partial charge >= 0.3 is 0 Å². The zero-order valence-corrected chi connectivity index (χ0v) is 12.1. The fourth-order valence-electron chi connectivity index (χ4n) is 2.22. The molecule has 2 aromatic rings. The summed E-state index contributed by atoms with van der Waals surface area (Å²) in [6.45, 7) is 6.26. The summed E-state index contributed by atoms with van der Waals surface area (Å²) in [6.07, 6.45) is 1.72. The van der Waals surface area contributed by atoms with Crippen molar-refractivity contribution in [3.05, 3.63) is 63.4 Å². The molecule has 0 saturated carbocycles. The number of nitrogens with two attached hydrogens (primary N) is 1. The van der Waals surface area contributed by atoms with Gasteiger partial charge in [0.25, 0.3) is 0 Å². The predicted octanol–water partition coefficient (Wildman–Crippen LogP) is 3.21. The number of pyridine rings is 1. The van der Waals surface area contributed by atoms with E-state index in [0.29, 0.717) is 5.02 Å². The summed E-state index contributed by atoms with van der Waals surface area (Å²) >= 11 is 6.21. The molecule has 0 saturated heterocycles. The van der Waals surface area contributed by atoms with Crippen molar-refractivity contribution in [3.63, 3.8) is 0 Å². The van der Waals surface area contributed by atoms with Crippen LogP contribution in [0.4, 0.5) is 0 Å². The van der Waals surface area contributed by atoms with Crippen LogP contribution in [0.3, 0.4) is 0 Å². The van der Waals surface area contributed by atoms with E-state index in [-0.39, 0.29) is 6.04 Å². The van der Waals surface area contributed by atoms with Gasteiger partial charge in [-0.15, -0.1) is 0 Å². The van der Waals surface area contributed by atoms with Gasteiger partial charge in [-0.1, -0.05) is 23.7 Å². The number of benzene rings is 1. The van der Waals surface area contributed by atoms with Gasteiger partial charge in [-0.3, -0.25) is 10.8 Å². The molecule has 1 aromatic heterocycles. The van der Waals surface area contributed by atoms with Crippen molar-refractivity contribution in [1.29, 1.82) is 0 Å². The normalized spacial score (nSPS) is 12.5. The van der Waals surface area contributed by atoms with E-state index in [1.165, 1.54) is 16.7 Å². The Labute approximate surface area is 118 Å². The molecule has 1 aromatic carbocycles. The lowest BCUT2D eigenvalue weighted by Gasteiger charge is -2.20. The van der Waals surface area contributed by atoms with E-state index >= 15 is 0 Å². The van der Waals surface area contributed by atoms with Crippen LogP contribution in [0.25, 0.3) is 0 Å². The highest BCUT2D eigenvalue weighted by atomic mass is 35.5. The molecule has 100 valence electrons. The summed E-state index contributed by atoms with van der Waals surface area (Å²) in [5.41, 5.74) is 8.34. The third kappa shape index (κ3) is 2.78. The minimum Gasteiger partial charge on any atom is -0.271 e. The molecule has 3 nitrogen and oxygen atoms in total. The molecule has 0 aliphatic carbocycles. The molecule has 1 atom stereocenters. The van der Waals surface area contributed by atoms with Crippen molar-refractivity contribution in [3.8, 4) is 0 Å². The molecular weight excluding hydrogens is 258 g/mol. The van der Waals surface area contributed by atoms with Crippen LogP contribution in [-0.4, -0.2) is 4.98 Å². The van der Waals surface area contributed by atoms with Gasteiger partial charge in [0.15, 0.2) is 0 Å². The summed E-state index contributed by atoms with van der Waals surface area (Å²) in [5.74, 6) is 5.71. The second-order valence-corrected chi connectivity index (χ2v) is 5.17. The second-order valence-electron chi connectivity index (χ2n) is 4.76. The Balaban J connectivity index is 2.55. The van der Waals surface area contributed by atoms with Gasteiger partial charge in [0, 0.05) is 6.20 Å². The molecule has 19 heavy (non-hydrogen) atoms. The van der Waals surface area contributed by atoms with E-state index in [9.17, 15) is 0 Å². The third-order valence-electron chi connectivity index (χ3n) is 3.42. The molecule has 3 N–H and O–H groups in total. The number of nitrogens with zero attached hydrogens (tertiary/aromatic N) is 1. The fourth-order valence-corrected chi connectivity index (χ4v) is 2.45. The van der Waals surface area contributed by atoms with Crippen molar-refractivity contribution >= 4 is 11.6 Å². The Kier molecular flexibility index (Phi) is 4.20. The van der Waals surface area contributed by atoms with Gasteiger partial charge in [0.2, 0.25) is 0 Å². The summed E-state index contributed by atoms with van der Waals surface area (Å²) in [6, 6.07) is 7.73. The molecule has 0 bridgehead atoms. The Morgan fingerprint density at radius 2 is 1.84 bits per heavy atom. The lowest BCUT2D eigenvalue weighted by molar-refractivity contribution is 0.617. The van der Waals surface area contributed by atoms with Crippen LogP contribution in [0.15, 0.2) is 30.5 Å². The van der Waals surface area contributed by atoms with E-state index in [0.717, 1.165) is 11.3 Å². The zero-order valence-electron chi connectivity index (χ0n) is 11.4. The molecule has 0 spiro atoms. The van der Waals surface area contributed by atoms with E-state index in [4.69, 9.17) is 17.4 Å². The van der Waals surface area contributed by atoms with Gasteiger partial charge < -0.3 is 0 Å². The first kappa shape index (κ1) is 14.0. The van der Waals surface area contributed by atoms with Gasteiger partial charge in [0.05, 0.1) is 16.8 Å². The lowest BCUT2D eigenvalue weighted by atomic mass is 9.94. The highest BCUT2D eigenvalue weighted by Crippen LogP contribution is 2.29. The van der Waals surface area contributed by atoms with Crippen LogP contribution >= 0.6 is 11.6 Å². The third-order valence-corrected chi connectivity index (χ3v) is 3.74. The molecule has 1 heterocycles. The average Bonchev–Trinajstić information content (AvgIpc) is 2.38. The zero-order chi connectivity index (χ0) is 14.0. The molecule has 4 heteroatoms. The van der Waals surface area contributed by atoms with Crippen molar-refractivity contribution < 1.29 is 0 Å². The Hall–Kier alpha value is -1.42. The standard InChI is InChI=1S/C15H18ClN3/c1-9-7-11(3)12(8-10(9)2)14(19-17)15-13(16)5-4-6-18-15/h4-8,14,19H,17H2,1-3H3. The van der Waals surface area contributed by atoms with Crippen molar-refractivity contribution in [1.82, 2.24) is 10.4 Å². The minimum absolute atomic E-state index is 0.201. The molecule has 0 radical (unpaired) electrons. The van der Waals surface area contributed by atoms with E-state index in [1.807, 2.05) is 12.1 Å². The molecule has 0 fully saturated rings. The number of hydrogen-bond acceptors (Lipinski definition) is 3. The Morgan fingerprint density at radius 3 is 2.47 bits per heavy atom. The number of aryl methyl sites for hydroxylation is 3. The number of hydrogen-bond donors (Lipinski definition) is 2. The molecular formula is C15H18ClN3. The molecule has 0 aliphatic heterocycles. The van der Waals surface area contributed by atoms with Crippen molar-refractivity contribution in [2.45, 2.75) is 26.8 Å². The first-order valence-corrected chi connectivity index (χ1v) is 6.56. The predicted molar refractivity (Wildman–Crippen MR) is 79.1 cm³/mol. The maximum atomic E-state index is 6.21. The van der Waals surface area contributed by atoms with Gasteiger partial charge in [-0.05, 0) is 55.2 Å². The lowest BCUT2D eigenvalue weighted by Crippen LogP contribution is -2.30. The molecule has 2 rings (SSSR count). The van der Waals surface area contributed by atoms with Gasteiger partial charge in [0.1, 0.15) is 0 Å². The number of halogens is 1. The van der Waals surface area contributed by atoms with Crippen LogP contribution in [0.5, 0.6) is 0 Å². The summed E-state index contributed by atoms with van der Waals surface area (Å²) in [7, 11) is 0. The maximum Gasteiger partial charge on any atom is 0.0899 e. The topological polar surface area (TPSA) is 50.9 Å². The monoisotopic (exact) mass is 275 g/mol. The van der Waals surface area contributed by atoms with Crippen LogP contribution in [-0.2, 0) is 0 Å². The number of hydrazine groups is 1. The molecule has 1 unspecified atom stereocenters. The largest absolute Gasteiger partial charge is 0.271 e. The average molecular weight is 276 g/mol. The van der Waals surface area contributed by atoms with E-state index in [2.05, 4.69) is 43.3 Å². The highest BCUT2D eigenvalue weighted by molar-refractivity contribution is 6.31. The Bertz CT molecular complexity index is 596. The highest BCUT2D eigenvalue weighted by Gasteiger charge is 2.19. The summed E-state index contributed by atoms with van der Waals surface area (Å²) in [5, 5.41) is 0.614. The minimum atomic E-state index is -0.201. The smallest absolute Gasteiger partial charge is 0.0899 e. The van der Waals surface area contributed by atoms with Gasteiger partial charge in [-0.25, -0.2) is 5.43 Å². The van der Waals surface area contributed by atoms with E-state index < -0.39 is 0 Å². The number of rotatable bonds is 3. The van der Waals surface area contributed by atoms with Crippen LogP contribution < -0.4 is 11.3 Å². The van der Waals surface area contributed by atoms with E-state index in [1.54, 1.807) is 6.20 Å². The molecule has 0 aliphatic rings. The molecule has 0 amide bonds. The number of nitrogens with one attached hydrogen (secondary N) is 1. The maximum absolute atomic E-state index is 6.21. The summed E-state index contributed by atoms with van der Waals surface area (Å²) < 4.78 is 0. The van der Waals surface area contributed by atoms with Crippen LogP contribution in [0.2, 0.25) is 5.02 Å². The Morgan fingerprint density at radius 1 is 1.16 bits per heavy atom. The van der Waals surface area contributed by atoms with Crippen molar-refractivity contribution in [2.75, 3.05) is 0 Å². The summed E-state index contributed by atoms with van der Waals surface area (Å²) in [4.78, 5) is 4.34. The quantitative estimate of drug-likeness (QED) is 0.668. The van der Waals surface area contributed by atoms with Gasteiger partial charge in [-0.2, -0.15) is 0 Å². The SMILES string of the molecule is Cc1cc(C)c(C(NN)c2ncccc2Cl)cc1C. The van der Waals surface area contributed by atoms with Crippen LogP contribution in [0.1, 0.15) is 34.0 Å². The van der Waals surface area contributed by atoms with Crippen LogP contribution in [0, 0.1) is 20.8 Å². The first-order chi connectivity index (χ1) is 9.04. The number of aromatic nitrogens is 1. The first-order valence-electron chi connectivity index (χ1n) is 6.19.